The van der Waals surface area contributed by atoms with Gasteiger partial charge in [-0.2, -0.15) is 0 Å². The number of hydrogen-bond donors (Lipinski definition) is 2. The third-order valence-electron chi connectivity index (χ3n) is 5.13. The molecule has 0 aliphatic carbocycles. The molecule has 0 bridgehead atoms. The smallest absolute Gasteiger partial charge is 0.310 e. The van der Waals surface area contributed by atoms with Gasteiger partial charge in [-0.1, -0.05) is 33.8 Å². The molecule has 0 aliphatic heterocycles. The second kappa shape index (κ2) is 12.0. The molecule has 0 fully saturated rings. The molecule has 1 amide bonds. The van der Waals surface area contributed by atoms with Crippen molar-refractivity contribution >= 4 is 11.9 Å². The van der Waals surface area contributed by atoms with Crippen molar-refractivity contribution in [3.63, 3.8) is 0 Å². The fraction of sp³-hybridized carbons (Fsp3) is 0.708. The van der Waals surface area contributed by atoms with Gasteiger partial charge in [-0.3, -0.25) is 20.0 Å². The van der Waals surface area contributed by atoms with Crippen LogP contribution in [0.3, 0.4) is 0 Å². The van der Waals surface area contributed by atoms with Gasteiger partial charge in [-0.05, 0) is 75.8 Å². The van der Waals surface area contributed by atoms with Crippen molar-refractivity contribution in [3.8, 4) is 0 Å². The van der Waals surface area contributed by atoms with Crippen LogP contribution < -0.4 is 11.3 Å². The second-order valence-corrected chi connectivity index (χ2v) is 10.1. The zero-order chi connectivity index (χ0) is 22.9. The second-order valence-electron chi connectivity index (χ2n) is 10.1. The van der Waals surface area contributed by atoms with E-state index < -0.39 is 17.4 Å². The van der Waals surface area contributed by atoms with Crippen LogP contribution in [0.15, 0.2) is 24.5 Å². The molecule has 1 aromatic heterocycles. The maximum atomic E-state index is 13.4. The molecule has 6 heteroatoms. The summed E-state index contributed by atoms with van der Waals surface area (Å²) < 4.78 is 5.80. The van der Waals surface area contributed by atoms with Gasteiger partial charge in [0.2, 0.25) is 5.91 Å². The Morgan fingerprint density at radius 1 is 1.13 bits per heavy atom. The molecule has 0 spiro atoms. The highest BCUT2D eigenvalue weighted by atomic mass is 16.6. The topological polar surface area (TPSA) is 94.3 Å². The maximum absolute atomic E-state index is 13.4. The lowest BCUT2D eigenvalue weighted by molar-refractivity contribution is -0.167. The number of nitrogens with one attached hydrogen (secondary N) is 1. The molecule has 3 N–H and O–H groups in total. The summed E-state index contributed by atoms with van der Waals surface area (Å²) in [6.07, 6.45) is 6.59. The summed E-state index contributed by atoms with van der Waals surface area (Å²) in [6, 6.07) is 3.96. The first-order valence-corrected chi connectivity index (χ1v) is 11.1. The SMILES string of the molecule is CC(C)CC(CCc1cccnc1)[C@H](C(=O)OC(C)(C)C)[C@@H](CC(C)C)C(=O)NN. The van der Waals surface area contributed by atoms with E-state index in [9.17, 15) is 9.59 Å². The van der Waals surface area contributed by atoms with Crippen molar-refractivity contribution in [1.82, 2.24) is 10.4 Å². The number of nitrogens with zero attached hydrogens (tertiary/aromatic N) is 1. The van der Waals surface area contributed by atoms with E-state index in [-0.39, 0.29) is 23.7 Å². The summed E-state index contributed by atoms with van der Waals surface area (Å²) in [5.74, 6) is 4.47. The number of esters is 1. The highest BCUT2D eigenvalue weighted by Crippen LogP contribution is 2.36. The first-order valence-electron chi connectivity index (χ1n) is 11.1. The number of pyridine rings is 1. The van der Waals surface area contributed by atoms with E-state index in [1.165, 1.54) is 0 Å². The van der Waals surface area contributed by atoms with E-state index in [0.717, 1.165) is 24.8 Å². The fourth-order valence-corrected chi connectivity index (χ4v) is 4.03. The lowest BCUT2D eigenvalue weighted by atomic mass is 9.72. The van der Waals surface area contributed by atoms with Crippen LogP contribution in [0.25, 0.3) is 0 Å². The molecule has 6 nitrogen and oxygen atoms in total. The standard InChI is InChI=1S/C24H41N3O3/c1-16(2)13-19(11-10-18-9-8-12-26-15-18)21(23(29)30-24(5,6)7)20(14-17(3)4)22(28)27-25/h8-9,12,15-17,19-21H,10-11,13-14,25H2,1-7H3,(H,27,28)/t19?,20-,21+/m1/s1. The number of hydrogen-bond acceptors (Lipinski definition) is 5. The van der Waals surface area contributed by atoms with E-state index in [1.807, 2.05) is 39.1 Å². The average Bonchev–Trinajstić information content (AvgIpc) is 2.63. The van der Waals surface area contributed by atoms with Crippen LogP contribution >= 0.6 is 0 Å². The number of carbonyl (C=O) groups is 2. The summed E-state index contributed by atoms with van der Waals surface area (Å²) in [5, 5.41) is 0. The van der Waals surface area contributed by atoms with Crippen molar-refractivity contribution in [2.75, 3.05) is 0 Å². The normalized spacial score (nSPS) is 15.0. The highest BCUT2D eigenvalue weighted by molar-refractivity contribution is 5.85. The van der Waals surface area contributed by atoms with Crippen molar-refractivity contribution in [3.05, 3.63) is 30.1 Å². The van der Waals surface area contributed by atoms with Gasteiger partial charge in [0.05, 0.1) is 11.8 Å². The summed E-state index contributed by atoms with van der Waals surface area (Å²) in [7, 11) is 0. The summed E-state index contributed by atoms with van der Waals surface area (Å²) >= 11 is 0. The van der Waals surface area contributed by atoms with E-state index in [4.69, 9.17) is 10.6 Å². The fourth-order valence-electron chi connectivity index (χ4n) is 4.03. The average molecular weight is 420 g/mol. The van der Waals surface area contributed by atoms with Crippen LogP contribution in [-0.2, 0) is 20.7 Å². The quantitative estimate of drug-likeness (QED) is 0.241. The van der Waals surface area contributed by atoms with Gasteiger partial charge in [-0.15, -0.1) is 0 Å². The van der Waals surface area contributed by atoms with E-state index >= 15 is 0 Å². The van der Waals surface area contributed by atoms with Gasteiger partial charge in [0.15, 0.2) is 0 Å². The van der Waals surface area contributed by atoms with Gasteiger partial charge >= 0.3 is 5.97 Å². The van der Waals surface area contributed by atoms with Crippen molar-refractivity contribution in [1.29, 1.82) is 0 Å². The Bertz CT molecular complexity index is 653. The van der Waals surface area contributed by atoms with Crippen LogP contribution in [0.4, 0.5) is 0 Å². The Labute approximate surface area is 182 Å². The van der Waals surface area contributed by atoms with Crippen LogP contribution in [0.1, 0.15) is 73.3 Å². The molecule has 30 heavy (non-hydrogen) atoms. The Morgan fingerprint density at radius 2 is 1.77 bits per heavy atom. The van der Waals surface area contributed by atoms with E-state index in [2.05, 4.69) is 38.1 Å². The van der Waals surface area contributed by atoms with E-state index in [1.54, 1.807) is 6.20 Å². The van der Waals surface area contributed by atoms with Gasteiger partial charge in [0, 0.05) is 12.4 Å². The zero-order valence-corrected chi connectivity index (χ0v) is 19.8. The predicted molar refractivity (Wildman–Crippen MR) is 120 cm³/mol. The number of hydrazine groups is 1. The van der Waals surface area contributed by atoms with Crippen molar-refractivity contribution in [2.45, 2.75) is 79.8 Å². The van der Waals surface area contributed by atoms with Crippen LogP contribution in [0, 0.1) is 29.6 Å². The molecule has 3 atom stereocenters. The van der Waals surface area contributed by atoms with Crippen LogP contribution in [0.2, 0.25) is 0 Å². The van der Waals surface area contributed by atoms with Crippen LogP contribution in [-0.4, -0.2) is 22.5 Å². The molecule has 1 aromatic rings. The molecule has 0 aliphatic rings. The number of aromatic nitrogens is 1. The largest absolute Gasteiger partial charge is 0.460 e. The summed E-state index contributed by atoms with van der Waals surface area (Å²) in [4.78, 5) is 30.3. The molecule has 1 rings (SSSR count). The van der Waals surface area contributed by atoms with Gasteiger partial charge in [0.1, 0.15) is 5.60 Å². The van der Waals surface area contributed by atoms with Crippen molar-refractivity contribution in [2.24, 2.45) is 35.4 Å². The minimum absolute atomic E-state index is 0.00102. The molecule has 0 saturated heterocycles. The number of rotatable bonds is 11. The Hall–Kier alpha value is -1.95. The van der Waals surface area contributed by atoms with Crippen molar-refractivity contribution < 1.29 is 14.3 Å². The molecule has 0 saturated carbocycles. The maximum Gasteiger partial charge on any atom is 0.310 e. The first-order chi connectivity index (χ1) is 13.9. The first kappa shape index (κ1) is 26.1. The molecule has 0 aromatic carbocycles. The van der Waals surface area contributed by atoms with E-state index in [0.29, 0.717) is 12.3 Å². The number of carbonyl (C=O) groups excluding carboxylic acids is 2. The third kappa shape index (κ3) is 9.24. The Kier molecular flexibility index (Phi) is 10.5. The molecular formula is C24H41N3O3. The van der Waals surface area contributed by atoms with Gasteiger partial charge < -0.3 is 4.74 Å². The minimum Gasteiger partial charge on any atom is -0.460 e. The highest BCUT2D eigenvalue weighted by Gasteiger charge is 2.41. The Balaban J connectivity index is 3.30. The lowest BCUT2D eigenvalue weighted by Gasteiger charge is -2.35. The van der Waals surface area contributed by atoms with Crippen LogP contribution in [0.5, 0.6) is 0 Å². The van der Waals surface area contributed by atoms with Gasteiger partial charge in [0.25, 0.3) is 0 Å². The summed E-state index contributed by atoms with van der Waals surface area (Å²) in [5.41, 5.74) is 2.79. The molecule has 1 heterocycles. The number of amides is 1. The third-order valence-corrected chi connectivity index (χ3v) is 5.13. The van der Waals surface area contributed by atoms with Gasteiger partial charge in [-0.25, -0.2) is 5.84 Å². The zero-order valence-electron chi connectivity index (χ0n) is 19.8. The molecule has 170 valence electrons. The Morgan fingerprint density at radius 3 is 2.23 bits per heavy atom. The lowest BCUT2D eigenvalue weighted by Crippen LogP contribution is -2.46. The number of ether oxygens (including phenoxy) is 1. The number of nitrogens with two attached hydrogens (primary N) is 1. The monoisotopic (exact) mass is 419 g/mol. The predicted octanol–water partition coefficient (Wildman–Crippen LogP) is 4.29. The molecule has 1 unspecified atom stereocenters. The minimum atomic E-state index is -0.622. The summed E-state index contributed by atoms with van der Waals surface area (Å²) in [6.45, 7) is 14.0. The molecule has 0 radical (unpaired) electrons. The number of aryl methyl sites for hydroxylation is 1. The molecular weight excluding hydrogens is 378 g/mol.